The van der Waals surface area contributed by atoms with Crippen LogP contribution in [0.2, 0.25) is 0 Å². The molecule has 1 aromatic carbocycles. The normalized spacial score (nSPS) is 11.0. The molecular formula is C13H11BrN4O. The molecule has 0 unspecified atom stereocenters. The molecule has 0 aliphatic heterocycles. The van der Waals surface area contributed by atoms with Gasteiger partial charge in [-0.15, -0.1) is 0 Å². The third-order valence-corrected chi connectivity index (χ3v) is 3.76. The Balaban J connectivity index is 2.11. The Morgan fingerprint density at radius 2 is 2.11 bits per heavy atom. The summed E-state index contributed by atoms with van der Waals surface area (Å²) in [6.45, 7) is 0.424. The number of nitrogens with zero attached hydrogens (tertiary/aromatic N) is 3. The number of aromatic nitrogens is 3. The molecule has 2 aromatic heterocycles. The Morgan fingerprint density at radius 3 is 2.89 bits per heavy atom. The lowest BCUT2D eigenvalue weighted by molar-refractivity contribution is 0.742. The maximum absolute atomic E-state index is 12.3. The van der Waals surface area contributed by atoms with Gasteiger partial charge in [0.05, 0.1) is 12.7 Å². The Kier molecular flexibility index (Phi) is 2.87. The molecule has 0 saturated heterocycles. The van der Waals surface area contributed by atoms with Crippen LogP contribution in [0.3, 0.4) is 0 Å². The number of rotatable bonds is 2. The molecule has 19 heavy (non-hydrogen) atoms. The summed E-state index contributed by atoms with van der Waals surface area (Å²) in [6, 6.07) is 7.30. The summed E-state index contributed by atoms with van der Waals surface area (Å²) in [7, 11) is 0. The number of fused-ring (bicyclic) bond motifs is 1. The molecular weight excluding hydrogens is 308 g/mol. The van der Waals surface area contributed by atoms with E-state index in [1.54, 1.807) is 33.7 Å². The average Bonchev–Trinajstić information content (AvgIpc) is 2.85. The predicted molar refractivity (Wildman–Crippen MR) is 77.1 cm³/mol. The van der Waals surface area contributed by atoms with Crippen molar-refractivity contribution >= 4 is 27.1 Å². The Morgan fingerprint density at radius 1 is 1.26 bits per heavy atom. The molecule has 0 radical (unpaired) electrons. The van der Waals surface area contributed by atoms with Crippen LogP contribution in [0.15, 0.2) is 52.1 Å². The molecule has 0 saturated carbocycles. The van der Waals surface area contributed by atoms with E-state index in [4.69, 9.17) is 5.73 Å². The van der Waals surface area contributed by atoms with E-state index in [-0.39, 0.29) is 5.56 Å². The van der Waals surface area contributed by atoms with Crippen molar-refractivity contribution in [1.82, 2.24) is 14.2 Å². The van der Waals surface area contributed by atoms with Gasteiger partial charge < -0.3 is 10.3 Å². The van der Waals surface area contributed by atoms with Crippen LogP contribution in [-0.4, -0.2) is 14.2 Å². The zero-order valence-corrected chi connectivity index (χ0v) is 11.5. The van der Waals surface area contributed by atoms with Crippen molar-refractivity contribution in [3.63, 3.8) is 0 Å². The van der Waals surface area contributed by atoms with E-state index in [2.05, 4.69) is 21.0 Å². The lowest BCUT2D eigenvalue weighted by Gasteiger charge is -2.10. The van der Waals surface area contributed by atoms with Crippen LogP contribution in [0.5, 0.6) is 0 Å². The van der Waals surface area contributed by atoms with Crippen LogP contribution in [0.25, 0.3) is 5.52 Å². The molecule has 0 amide bonds. The summed E-state index contributed by atoms with van der Waals surface area (Å²) in [4.78, 5) is 12.3. The van der Waals surface area contributed by atoms with Crippen LogP contribution in [0, 0.1) is 0 Å². The smallest absolute Gasteiger partial charge is 0.276 e. The van der Waals surface area contributed by atoms with Gasteiger partial charge in [0, 0.05) is 28.1 Å². The molecule has 0 aliphatic rings. The van der Waals surface area contributed by atoms with Gasteiger partial charge in [-0.3, -0.25) is 4.79 Å². The van der Waals surface area contributed by atoms with Crippen molar-refractivity contribution in [3.05, 3.63) is 63.2 Å². The van der Waals surface area contributed by atoms with Crippen molar-refractivity contribution in [1.29, 1.82) is 0 Å². The monoisotopic (exact) mass is 318 g/mol. The molecule has 0 aliphatic carbocycles. The highest BCUT2D eigenvalue weighted by atomic mass is 79.9. The fourth-order valence-corrected chi connectivity index (χ4v) is 2.50. The first-order valence-corrected chi connectivity index (χ1v) is 6.52. The maximum atomic E-state index is 12.3. The molecule has 6 heteroatoms. The second-order valence-electron chi connectivity index (χ2n) is 4.20. The minimum Gasteiger partial charge on any atom is -0.398 e. The molecule has 0 spiro atoms. The lowest BCUT2D eigenvalue weighted by Crippen LogP contribution is -2.22. The molecule has 0 bridgehead atoms. The first-order valence-electron chi connectivity index (χ1n) is 5.72. The number of nitrogen functional groups attached to an aromatic ring is 1. The molecule has 0 atom stereocenters. The van der Waals surface area contributed by atoms with Crippen molar-refractivity contribution in [2.75, 3.05) is 5.73 Å². The Labute approximate surface area is 117 Å². The van der Waals surface area contributed by atoms with E-state index in [9.17, 15) is 4.79 Å². The first kappa shape index (κ1) is 12.0. The van der Waals surface area contributed by atoms with Crippen molar-refractivity contribution in [3.8, 4) is 0 Å². The molecule has 0 fully saturated rings. The zero-order valence-electron chi connectivity index (χ0n) is 9.95. The fraction of sp³-hybridized carbons (Fsp3) is 0.0769. The molecule has 3 aromatic rings. The SMILES string of the molecule is Nc1cccc(Br)c1Cn1ccn2nccc2c1=O. The number of nitrogens with two attached hydrogens (primary N) is 1. The zero-order chi connectivity index (χ0) is 13.4. The highest BCUT2D eigenvalue weighted by Gasteiger charge is 2.08. The standard InChI is InChI=1S/C13H11BrN4O/c14-10-2-1-3-11(15)9(10)8-17-6-7-18-12(13(17)19)4-5-16-18/h1-7H,8,15H2. The van der Waals surface area contributed by atoms with Gasteiger partial charge >= 0.3 is 0 Å². The van der Waals surface area contributed by atoms with Crippen LogP contribution in [-0.2, 0) is 6.54 Å². The molecule has 5 nitrogen and oxygen atoms in total. The molecule has 96 valence electrons. The molecule has 3 rings (SSSR count). The fourth-order valence-electron chi connectivity index (χ4n) is 2.00. The van der Waals surface area contributed by atoms with E-state index in [1.165, 1.54) is 0 Å². The second kappa shape index (κ2) is 4.55. The van der Waals surface area contributed by atoms with Gasteiger partial charge in [0.25, 0.3) is 5.56 Å². The Hall–Kier alpha value is -2.08. The number of benzene rings is 1. The summed E-state index contributed by atoms with van der Waals surface area (Å²) >= 11 is 3.46. The summed E-state index contributed by atoms with van der Waals surface area (Å²) in [5.41, 5.74) is 7.97. The summed E-state index contributed by atoms with van der Waals surface area (Å²) in [5, 5.41) is 4.03. The number of hydrogen-bond donors (Lipinski definition) is 1. The molecule has 2 heterocycles. The summed E-state index contributed by atoms with van der Waals surface area (Å²) in [6.07, 6.45) is 5.07. The van der Waals surface area contributed by atoms with Crippen LogP contribution < -0.4 is 11.3 Å². The second-order valence-corrected chi connectivity index (χ2v) is 5.05. The van der Waals surface area contributed by atoms with Gasteiger partial charge in [-0.1, -0.05) is 22.0 Å². The van der Waals surface area contributed by atoms with E-state index < -0.39 is 0 Å². The van der Waals surface area contributed by atoms with Gasteiger partial charge in [-0.05, 0) is 18.2 Å². The summed E-state index contributed by atoms with van der Waals surface area (Å²) in [5.74, 6) is 0. The molecule has 2 N–H and O–H groups in total. The third-order valence-electron chi connectivity index (χ3n) is 3.02. The largest absolute Gasteiger partial charge is 0.398 e. The van der Waals surface area contributed by atoms with E-state index >= 15 is 0 Å². The average molecular weight is 319 g/mol. The highest BCUT2D eigenvalue weighted by molar-refractivity contribution is 9.10. The van der Waals surface area contributed by atoms with Gasteiger partial charge in [0.1, 0.15) is 5.52 Å². The minimum absolute atomic E-state index is 0.0878. The van der Waals surface area contributed by atoms with Gasteiger partial charge in [-0.2, -0.15) is 5.10 Å². The van der Waals surface area contributed by atoms with E-state index in [1.807, 2.05) is 18.2 Å². The third kappa shape index (κ3) is 2.04. The van der Waals surface area contributed by atoms with Crippen molar-refractivity contribution in [2.24, 2.45) is 0 Å². The van der Waals surface area contributed by atoms with Crippen molar-refractivity contribution < 1.29 is 0 Å². The van der Waals surface area contributed by atoms with Gasteiger partial charge in [0.15, 0.2) is 0 Å². The van der Waals surface area contributed by atoms with Crippen LogP contribution >= 0.6 is 15.9 Å². The van der Waals surface area contributed by atoms with E-state index in [0.29, 0.717) is 17.7 Å². The number of halogens is 1. The van der Waals surface area contributed by atoms with Crippen molar-refractivity contribution in [2.45, 2.75) is 6.54 Å². The van der Waals surface area contributed by atoms with Crippen LogP contribution in [0.4, 0.5) is 5.69 Å². The number of anilines is 1. The lowest BCUT2D eigenvalue weighted by atomic mass is 10.2. The summed E-state index contributed by atoms with van der Waals surface area (Å²) < 4.78 is 4.07. The number of hydrogen-bond acceptors (Lipinski definition) is 3. The minimum atomic E-state index is -0.0878. The first-order chi connectivity index (χ1) is 9.16. The van der Waals surface area contributed by atoms with Crippen LogP contribution in [0.1, 0.15) is 5.56 Å². The quantitative estimate of drug-likeness (QED) is 0.734. The van der Waals surface area contributed by atoms with E-state index in [0.717, 1.165) is 10.0 Å². The topological polar surface area (TPSA) is 65.3 Å². The predicted octanol–water partition coefficient (Wildman–Crippen LogP) is 1.89. The van der Waals surface area contributed by atoms with Gasteiger partial charge in [0.2, 0.25) is 0 Å². The maximum Gasteiger partial charge on any atom is 0.276 e. The Bertz CT molecular complexity index is 786. The van der Waals surface area contributed by atoms with Gasteiger partial charge in [-0.25, -0.2) is 4.52 Å². The highest BCUT2D eigenvalue weighted by Crippen LogP contribution is 2.22.